The summed E-state index contributed by atoms with van der Waals surface area (Å²) in [5.74, 6) is -0.335. The van der Waals surface area contributed by atoms with Gasteiger partial charge in [0.15, 0.2) is 0 Å². The zero-order chi connectivity index (χ0) is 16.1. The number of nitrogens with zero attached hydrogens (tertiary/aromatic N) is 1. The highest BCUT2D eigenvalue weighted by molar-refractivity contribution is 5.94. The summed E-state index contributed by atoms with van der Waals surface area (Å²) in [7, 11) is 1.34. The van der Waals surface area contributed by atoms with Crippen LogP contribution in [0.4, 0.5) is 5.69 Å². The molecule has 1 aromatic carbocycles. The second-order valence-electron chi connectivity index (χ2n) is 5.47. The number of methoxy groups -OCH3 is 1. The van der Waals surface area contributed by atoms with Crippen LogP contribution in [0.5, 0.6) is 0 Å². The van der Waals surface area contributed by atoms with E-state index in [2.05, 4.69) is 10.1 Å². The van der Waals surface area contributed by atoms with Crippen LogP contribution >= 0.6 is 0 Å². The van der Waals surface area contributed by atoms with Crippen molar-refractivity contribution in [3.63, 3.8) is 0 Å². The smallest absolute Gasteiger partial charge is 0.325 e. The number of hydrogen-bond acceptors (Lipinski definition) is 5. The second-order valence-corrected chi connectivity index (χ2v) is 5.47. The van der Waals surface area contributed by atoms with Crippen molar-refractivity contribution < 1.29 is 19.1 Å². The fraction of sp³-hybridized carbons (Fsp3) is 0.500. The van der Waals surface area contributed by atoms with Crippen molar-refractivity contribution >= 4 is 17.6 Å². The van der Waals surface area contributed by atoms with Gasteiger partial charge in [-0.1, -0.05) is 0 Å². The van der Waals surface area contributed by atoms with E-state index in [9.17, 15) is 9.59 Å². The summed E-state index contributed by atoms with van der Waals surface area (Å²) in [4.78, 5) is 25.4. The van der Waals surface area contributed by atoms with Crippen molar-refractivity contribution in [2.45, 2.75) is 26.1 Å². The predicted octanol–water partition coefficient (Wildman–Crippen LogP) is 1.52. The minimum absolute atomic E-state index is 0.00141. The molecule has 1 aliphatic heterocycles. The Hall–Kier alpha value is -2.08. The molecule has 1 aliphatic rings. The van der Waals surface area contributed by atoms with Crippen LogP contribution in [0.3, 0.4) is 0 Å². The number of esters is 1. The number of amides is 1. The average Bonchev–Trinajstić information content (AvgIpc) is 2.51. The van der Waals surface area contributed by atoms with E-state index in [1.807, 2.05) is 18.7 Å². The number of rotatable bonds is 4. The normalized spacial score (nSPS) is 21.3. The van der Waals surface area contributed by atoms with Crippen LogP contribution in [0, 0.1) is 0 Å². The Labute approximate surface area is 130 Å². The second kappa shape index (κ2) is 7.26. The highest BCUT2D eigenvalue weighted by Crippen LogP contribution is 2.16. The van der Waals surface area contributed by atoms with E-state index in [1.54, 1.807) is 24.3 Å². The van der Waals surface area contributed by atoms with Gasteiger partial charge < -0.3 is 19.7 Å². The summed E-state index contributed by atoms with van der Waals surface area (Å²) < 4.78 is 10.2. The van der Waals surface area contributed by atoms with E-state index in [1.165, 1.54) is 7.11 Å². The molecule has 2 rings (SSSR count). The Morgan fingerprint density at radius 2 is 1.82 bits per heavy atom. The molecular formula is C16H22N2O4. The van der Waals surface area contributed by atoms with E-state index in [4.69, 9.17) is 4.74 Å². The summed E-state index contributed by atoms with van der Waals surface area (Å²) in [5, 5.41) is 2.94. The lowest BCUT2D eigenvalue weighted by Gasteiger charge is -2.35. The lowest BCUT2D eigenvalue weighted by atomic mass is 10.1. The first-order valence-corrected chi connectivity index (χ1v) is 7.35. The van der Waals surface area contributed by atoms with E-state index in [-0.39, 0.29) is 30.6 Å². The van der Waals surface area contributed by atoms with Gasteiger partial charge in [0, 0.05) is 24.3 Å². The predicted molar refractivity (Wildman–Crippen MR) is 82.9 cm³/mol. The molecule has 2 atom stereocenters. The maximum atomic E-state index is 12.5. The zero-order valence-corrected chi connectivity index (χ0v) is 13.2. The molecule has 0 bridgehead atoms. The van der Waals surface area contributed by atoms with Gasteiger partial charge in [0.05, 0.1) is 19.3 Å². The SMILES string of the molecule is COC(=O)CNc1ccc(C(=O)N2C[C@H](C)O[C@@H](C)C2)cc1. The van der Waals surface area contributed by atoms with E-state index >= 15 is 0 Å². The van der Waals surface area contributed by atoms with Crippen LogP contribution < -0.4 is 5.32 Å². The van der Waals surface area contributed by atoms with E-state index in [0.29, 0.717) is 18.7 Å². The van der Waals surface area contributed by atoms with Crippen molar-refractivity contribution in [1.82, 2.24) is 4.90 Å². The number of ether oxygens (including phenoxy) is 2. The van der Waals surface area contributed by atoms with Gasteiger partial charge in [0.1, 0.15) is 6.54 Å². The van der Waals surface area contributed by atoms with Gasteiger partial charge in [-0.25, -0.2) is 0 Å². The summed E-state index contributed by atoms with van der Waals surface area (Å²) in [6.45, 7) is 5.24. The van der Waals surface area contributed by atoms with Gasteiger partial charge in [-0.05, 0) is 38.1 Å². The van der Waals surface area contributed by atoms with Crippen molar-refractivity contribution in [3.05, 3.63) is 29.8 Å². The molecule has 1 heterocycles. The standard InChI is InChI=1S/C16H22N2O4/c1-11-9-18(10-12(2)22-11)16(20)13-4-6-14(7-5-13)17-8-15(19)21-3/h4-7,11-12,17H,8-10H2,1-3H3/t11-,12-/m0/s1. The van der Waals surface area contributed by atoms with Crippen LogP contribution in [0.1, 0.15) is 24.2 Å². The highest BCUT2D eigenvalue weighted by atomic mass is 16.5. The third kappa shape index (κ3) is 4.21. The van der Waals surface area contributed by atoms with Crippen molar-refractivity contribution in [2.75, 3.05) is 32.1 Å². The van der Waals surface area contributed by atoms with Crippen molar-refractivity contribution in [1.29, 1.82) is 0 Å². The maximum absolute atomic E-state index is 12.5. The maximum Gasteiger partial charge on any atom is 0.325 e. The Bertz CT molecular complexity index is 519. The molecule has 1 aromatic rings. The third-order valence-corrected chi connectivity index (χ3v) is 3.50. The first-order valence-electron chi connectivity index (χ1n) is 7.35. The number of nitrogens with one attached hydrogen (secondary N) is 1. The molecule has 6 nitrogen and oxygen atoms in total. The molecule has 120 valence electrons. The first kappa shape index (κ1) is 16.3. The molecule has 0 aliphatic carbocycles. The molecule has 0 unspecified atom stereocenters. The molecule has 0 saturated carbocycles. The number of hydrogen-bond donors (Lipinski definition) is 1. The van der Waals surface area contributed by atoms with Crippen LogP contribution in [0.25, 0.3) is 0 Å². The molecule has 22 heavy (non-hydrogen) atoms. The van der Waals surface area contributed by atoms with Crippen LogP contribution in [0.15, 0.2) is 24.3 Å². The summed E-state index contributed by atoms with van der Waals surface area (Å²) in [6, 6.07) is 7.08. The molecule has 6 heteroatoms. The monoisotopic (exact) mass is 306 g/mol. The molecule has 0 radical (unpaired) electrons. The average molecular weight is 306 g/mol. The summed E-state index contributed by atoms with van der Waals surface area (Å²) in [6.07, 6.45) is 0.0994. The number of benzene rings is 1. The molecule has 1 saturated heterocycles. The molecular weight excluding hydrogens is 284 g/mol. The van der Waals surface area contributed by atoms with E-state index < -0.39 is 0 Å². The zero-order valence-electron chi connectivity index (χ0n) is 13.2. The number of morpholine rings is 1. The minimum atomic E-state index is -0.337. The summed E-state index contributed by atoms with van der Waals surface area (Å²) >= 11 is 0. The fourth-order valence-electron chi connectivity index (χ4n) is 2.50. The van der Waals surface area contributed by atoms with Crippen LogP contribution in [-0.4, -0.2) is 55.7 Å². The topological polar surface area (TPSA) is 67.9 Å². The van der Waals surface area contributed by atoms with Gasteiger partial charge in [0.25, 0.3) is 5.91 Å². The lowest BCUT2D eigenvalue weighted by molar-refractivity contribution is -0.138. The molecule has 0 spiro atoms. The quantitative estimate of drug-likeness (QED) is 0.854. The Balaban J connectivity index is 1.97. The number of carbonyl (C=O) groups is 2. The van der Waals surface area contributed by atoms with Crippen LogP contribution in [-0.2, 0) is 14.3 Å². The lowest BCUT2D eigenvalue weighted by Crippen LogP contribution is -2.48. The van der Waals surface area contributed by atoms with E-state index in [0.717, 1.165) is 5.69 Å². The van der Waals surface area contributed by atoms with Crippen molar-refractivity contribution in [2.24, 2.45) is 0 Å². The Morgan fingerprint density at radius 1 is 1.23 bits per heavy atom. The Kier molecular flexibility index (Phi) is 5.38. The first-order chi connectivity index (χ1) is 10.5. The molecule has 1 amide bonds. The number of carbonyl (C=O) groups excluding carboxylic acids is 2. The summed E-state index contributed by atoms with van der Waals surface area (Å²) in [5.41, 5.74) is 1.40. The molecule has 1 N–H and O–H groups in total. The molecule has 0 aromatic heterocycles. The van der Waals surface area contributed by atoms with Gasteiger partial charge in [-0.3, -0.25) is 9.59 Å². The highest BCUT2D eigenvalue weighted by Gasteiger charge is 2.26. The third-order valence-electron chi connectivity index (χ3n) is 3.50. The van der Waals surface area contributed by atoms with Gasteiger partial charge >= 0.3 is 5.97 Å². The minimum Gasteiger partial charge on any atom is -0.468 e. The van der Waals surface area contributed by atoms with Gasteiger partial charge in [-0.2, -0.15) is 0 Å². The molecule has 1 fully saturated rings. The fourth-order valence-corrected chi connectivity index (χ4v) is 2.50. The van der Waals surface area contributed by atoms with Gasteiger partial charge in [0.2, 0.25) is 0 Å². The van der Waals surface area contributed by atoms with Crippen molar-refractivity contribution in [3.8, 4) is 0 Å². The largest absolute Gasteiger partial charge is 0.468 e. The number of anilines is 1. The Morgan fingerprint density at radius 3 is 2.36 bits per heavy atom. The van der Waals surface area contributed by atoms with Crippen LogP contribution in [0.2, 0.25) is 0 Å². The van der Waals surface area contributed by atoms with Gasteiger partial charge in [-0.15, -0.1) is 0 Å².